The number of hydrogen-bond donors (Lipinski definition) is 2. The fraction of sp³-hybridized carbons (Fsp3) is 0.462. The molecule has 120 valence electrons. The quantitative estimate of drug-likeness (QED) is 0.760. The monoisotopic (exact) mass is 398 g/mol. The Morgan fingerprint density at radius 2 is 1.86 bits per heavy atom. The number of carbonyl (C=O) groups excluding carboxylic acids is 1. The topological polar surface area (TPSA) is 89.3 Å². The Labute approximate surface area is 140 Å². The molecule has 0 aliphatic rings. The zero-order valence-electron chi connectivity index (χ0n) is 11.9. The van der Waals surface area contributed by atoms with Gasteiger partial charge >= 0.3 is 0 Å². The summed E-state index contributed by atoms with van der Waals surface area (Å²) in [7, 11) is -3.09. The largest absolute Gasteiger partial charge is 0.353 e. The smallest absolute Gasteiger partial charge is 0.244 e. The lowest BCUT2D eigenvalue weighted by atomic mass is 9.92. The van der Waals surface area contributed by atoms with Crippen molar-refractivity contribution in [1.82, 2.24) is 5.32 Å². The average molecular weight is 400 g/mol. The third-order valence-corrected chi connectivity index (χ3v) is 5.29. The van der Waals surface area contributed by atoms with Crippen LogP contribution in [0.2, 0.25) is 0 Å². The number of sulfone groups is 1. The lowest BCUT2D eigenvalue weighted by Gasteiger charge is -2.24. The van der Waals surface area contributed by atoms with Gasteiger partial charge in [-0.05, 0) is 24.6 Å². The van der Waals surface area contributed by atoms with Gasteiger partial charge in [-0.3, -0.25) is 4.79 Å². The van der Waals surface area contributed by atoms with Crippen molar-refractivity contribution in [3.05, 3.63) is 34.3 Å². The molecule has 3 N–H and O–H groups in total. The van der Waals surface area contributed by atoms with Crippen LogP contribution in [0.25, 0.3) is 0 Å². The molecule has 1 aromatic rings. The summed E-state index contributed by atoms with van der Waals surface area (Å²) in [6.45, 7) is 3.24. The van der Waals surface area contributed by atoms with Crippen molar-refractivity contribution in [3.63, 3.8) is 0 Å². The van der Waals surface area contributed by atoms with Crippen LogP contribution in [0, 0.1) is 0 Å². The van der Waals surface area contributed by atoms with Crippen molar-refractivity contribution in [3.8, 4) is 0 Å². The van der Waals surface area contributed by atoms with Crippen molar-refractivity contribution >= 4 is 44.1 Å². The van der Waals surface area contributed by atoms with Crippen LogP contribution in [0.5, 0.6) is 0 Å². The van der Waals surface area contributed by atoms with Gasteiger partial charge in [0, 0.05) is 16.8 Å². The molecule has 0 fully saturated rings. The number of nitrogens with one attached hydrogen (secondary N) is 1. The van der Waals surface area contributed by atoms with Crippen molar-refractivity contribution in [2.24, 2.45) is 5.73 Å². The highest BCUT2D eigenvalue weighted by Gasteiger charge is 2.30. The van der Waals surface area contributed by atoms with Gasteiger partial charge in [0.1, 0.15) is 5.54 Å². The molecule has 5 nitrogen and oxygen atoms in total. The van der Waals surface area contributed by atoms with Gasteiger partial charge in [-0.25, -0.2) is 8.42 Å². The molecule has 0 heterocycles. The molecule has 8 heteroatoms. The molecule has 0 aliphatic heterocycles. The molecule has 1 atom stereocenters. The minimum atomic E-state index is -3.09. The molecule has 21 heavy (non-hydrogen) atoms. The molecule has 1 rings (SSSR count). The average Bonchev–Trinajstić information content (AvgIpc) is 2.39. The van der Waals surface area contributed by atoms with Crippen molar-refractivity contribution in [2.45, 2.75) is 19.4 Å². The fourth-order valence-electron chi connectivity index (χ4n) is 1.58. The SMILES string of the molecule is CCS(=O)(=O)CCNC(=O)C(C)(N)c1ccc(Br)cc1.Cl. The molecule has 0 spiro atoms. The van der Waals surface area contributed by atoms with E-state index in [9.17, 15) is 13.2 Å². The Morgan fingerprint density at radius 3 is 2.33 bits per heavy atom. The molecule has 0 saturated heterocycles. The van der Waals surface area contributed by atoms with Gasteiger partial charge in [-0.2, -0.15) is 0 Å². The molecule has 0 aliphatic carbocycles. The summed E-state index contributed by atoms with van der Waals surface area (Å²) < 4.78 is 23.6. The van der Waals surface area contributed by atoms with Crippen LogP contribution in [0.4, 0.5) is 0 Å². The molecule has 0 bridgehead atoms. The van der Waals surface area contributed by atoms with Crippen molar-refractivity contribution in [1.29, 1.82) is 0 Å². The summed E-state index contributed by atoms with van der Waals surface area (Å²) in [6, 6.07) is 7.11. The zero-order chi connectivity index (χ0) is 15.4. The third kappa shape index (κ3) is 5.94. The first-order chi connectivity index (χ1) is 9.19. The number of benzene rings is 1. The lowest BCUT2D eigenvalue weighted by Crippen LogP contribution is -2.49. The van der Waals surface area contributed by atoms with Gasteiger partial charge in [0.05, 0.1) is 5.75 Å². The highest BCUT2D eigenvalue weighted by atomic mass is 79.9. The van der Waals surface area contributed by atoms with Crippen LogP contribution in [0.3, 0.4) is 0 Å². The van der Waals surface area contributed by atoms with E-state index in [0.717, 1.165) is 4.47 Å². The predicted octanol–water partition coefficient (Wildman–Crippen LogP) is 1.60. The second-order valence-corrected chi connectivity index (χ2v) is 8.09. The van der Waals surface area contributed by atoms with E-state index >= 15 is 0 Å². The third-order valence-electron chi connectivity index (χ3n) is 3.05. The highest BCUT2D eigenvalue weighted by Crippen LogP contribution is 2.20. The molecule has 1 aromatic carbocycles. The van der Waals surface area contributed by atoms with Gasteiger partial charge < -0.3 is 11.1 Å². The van der Waals surface area contributed by atoms with Gasteiger partial charge in [0.25, 0.3) is 0 Å². The van der Waals surface area contributed by atoms with Crippen LogP contribution in [-0.2, 0) is 20.2 Å². The summed E-state index contributed by atoms with van der Waals surface area (Å²) in [5.74, 6) is -0.410. The molecule has 1 amide bonds. The highest BCUT2D eigenvalue weighted by molar-refractivity contribution is 9.10. The molecular weight excluding hydrogens is 380 g/mol. The summed E-state index contributed by atoms with van der Waals surface area (Å²) in [4.78, 5) is 12.1. The number of rotatable bonds is 6. The van der Waals surface area contributed by atoms with E-state index in [-0.39, 0.29) is 30.5 Å². The number of carbonyl (C=O) groups is 1. The number of halogens is 2. The Morgan fingerprint density at radius 1 is 1.33 bits per heavy atom. The summed E-state index contributed by atoms with van der Waals surface area (Å²) >= 11 is 3.31. The van der Waals surface area contributed by atoms with E-state index in [4.69, 9.17) is 5.73 Å². The molecule has 0 radical (unpaired) electrons. The Kier molecular flexibility index (Phi) is 7.88. The van der Waals surface area contributed by atoms with E-state index in [2.05, 4.69) is 21.2 Å². The molecular formula is C13H20BrClN2O3S. The van der Waals surface area contributed by atoms with Crippen molar-refractivity contribution in [2.75, 3.05) is 18.1 Å². The predicted molar refractivity (Wildman–Crippen MR) is 90.3 cm³/mol. The standard InChI is InChI=1S/C13H19BrN2O3S.ClH/c1-3-20(18,19)9-8-16-12(17)13(2,15)10-4-6-11(14)7-5-10;/h4-7H,3,8-9,15H2,1-2H3,(H,16,17);1H. The maximum atomic E-state index is 12.1. The van der Waals surface area contributed by atoms with E-state index in [1.54, 1.807) is 38.1 Å². The van der Waals surface area contributed by atoms with Gasteiger partial charge in [0.2, 0.25) is 5.91 Å². The minimum Gasteiger partial charge on any atom is -0.353 e. The molecule has 0 saturated carbocycles. The maximum absolute atomic E-state index is 12.1. The number of nitrogens with two attached hydrogens (primary N) is 1. The van der Waals surface area contributed by atoms with Gasteiger partial charge in [0.15, 0.2) is 9.84 Å². The molecule has 0 aromatic heterocycles. The first-order valence-electron chi connectivity index (χ1n) is 6.22. The van der Waals surface area contributed by atoms with Crippen molar-refractivity contribution < 1.29 is 13.2 Å². The summed E-state index contributed by atoms with van der Waals surface area (Å²) in [5.41, 5.74) is 5.50. The normalized spacial score (nSPS) is 13.9. The number of amides is 1. The van der Waals surface area contributed by atoms with Crippen LogP contribution in [0.15, 0.2) is 28.7 Å². The fourth-order valence-corrected chi connectivity index (χ4v) is 2.54. The molecule has 1 unspecified atom stereocenters. The summed E-state index contributed by atoms with van der Waals surface area (Å²) in [6.07, 6.45) is 0. The van der Waals surface area contributed by atoms with E-state index < -0.39 is 21.3 Å². The second-order valence-electron chi connectivity index (χ2n) is 4.70. The van der Waals surface area contributed by atoms with Gasteiger partial charge in [-0.15, -0.1) is 12.4 Å². The number of hydrogen-bond acceptors (Lipinski definition) is 4. The van der Waals surface area contributed by atoms with Crippen LogP contribution < -0.4 is 11.1 Å². The maximum Gasteiger partial charge on any atom is 0.244 e. The second kappa shape index (κ2) is 8.12. The van der Waals surface area contributed by atoms with Gasteiger partial charge in [-0.1, -0.05) is 35.0 Å². The first-order valence-corrected chi connectivity index (χ1v) is 8.84. The van der Waals surface area contributed by atoms with E-state index in [0.29, 0.717) is 5.56 Å². The minimum absolute atomic E-state index is 0. The first kappa shape index (κ1) is 20.4. The Bertz CT molecular complexity index is 574. The van der Waals surface area contributed by atoms with Crippen LogP contribution in [0.1, 0.15) is 19.4 Å². The lowest BCUT2D eigenvalue weighted by molar-refractivity contribution is -0.125. The van der Waals surface area contributed by atoms with Crippen LogP contribution >= 0.6 is 28.3 Å². The zero-order valence-corrected chi connectivity index (χ0v) is 15.1. The summed E-state index contributed by atoms with van der Waals surface area (Å²) in [5, 5.41) is 2.57. The Hall–Kier alpha value is -0.630. The van der Waals surface area contributed by atoms with E-state index in [1.165, 1.54) is 0 Å². The Balaban J connectivity index is 0.00000400. The van der Waals surface area contributed by atoms with E-state index in [1.807, 2.05) is 0 Å². The van der Waals surface area contributed by atoms with Crippen LogP contribution in [-0.4, -0.2) is 32.4 Å².